The number of carbonyl (C=O) groups is 1. The molecule has 2 atom stereocenters. The Morgan fingerprint density at radius 2 is 2.02 bits per heavy atom. The van der Waals surface area contributed by atoms with Crippen LogP contribution in [-0.2, 0) is 18.7 Å². The zero-order chi connectivity index (χ0) is 29.5. The van der Waals surface area contributed by atoms with Crippen molar-refractivity contribution in [3.63, 3.8) is 0 Å². The Morgan fingerprint density at radius 1 is 1.24 bits per heavy atom. The van der Waals surface area contributed by atoms with Gasteiger partial charge in [0.15, 0.2) is 0 Å². The van der Waals surface area contributed by atoms with Gasteiger partial charge in [-0.05, 0) is 57.6 Å². The van der Waals surface area contributed by atoms with E-state index in [2.05, 4.69) is 20.8 Å². The van der Waals surface area contributed by atoms with E-state index in [9.17, 15) is 27.5 Å². The van der Waals surface area contributed by atoms with Crippen molar-refractivity contribution in [2.24, 2.45) is 0 Å². The molecule has 1 unspecified atom stereocenters. The van der Waals surface area contributed by atoms with Crippen LogP contribution in [0.5, 0.6) is 0 Å². The number of nitrogens with one attached hydrogen (secondary N) is 2. The lowest BCUT2D eigenvalue weighted by atomic mass is 10.0. The van der Waals surface area contributed by atoms with Gasteiger partial charge < -0.3 is 29.7 Å². The number of aromatic nitrogens is 3. The molecule has 0 radical (unpaired) electrons. The van der Waals surface area contributed by atoms with E-state index in [1.807, 2.05) is 11.9 Å². The average Bonchev–Trinajstić information content (AvgIpc) is 3.63. The predicted octanol–water partition coefficient (Wildman–Crippen LogP) is 4.93. The summed E-state index contributed by atoms with van der Waals surface area (Å²) in [6.45, 7) is 2.75. The second-order valence-corrected chi connectivity index (χ2v) is 11.8. The van der Waals surface area contributed by atoms with Crippen LogP contribution in [0.2, 0.25) is 0 Å². The molecule has 1 fully saturated rings. The Morgan fingerprint density at radius 3 is 2.71 bits per heavy atom. The molecule has 220 valence electrons. The van der Waals surface area contributed by atoms with Crippen molar-refractivity contribution in [2.45, 2.75) is 57.3 Å². The molecule has 14 heteroatoms. The lowest BCUT2D eigenvalue weighted by Gasteiger charge is -2.33. The van der Waals surface area contributed by atoms with E-state index in [-0.39, 0.29) is 36.0 Å². The molecular weight excluding hydrogens is 564 g/mol. The Hall–Kier alpha value is -3.49. The zero-order valence-corrected chi connectivity index (χ0v) is 23.4. The molecule has 9 nitrogen and oxygen atoms in total. The number of benzene rings is 1. The maximum absolute atomic E-state index is 14.7. The number of likely N-dealkylation sites (tertiary alicyclic amines) is 1. The molecule has 41 heavy (non-hydrogen) atoms. The van der Waals surface area contributed by atoms with Gasteiger partial charge in [0.2, 0.25) is 11.7 Å². The average molecular weight is 595 g/mol. The summed E-state index contributed by atoms with van der Waals surface area (Å²) in [5.41, 5.74) is -0.221. The van der Waals surface area contributed by atoms with E-state index in [0.717, 1.165) is 15.9 Å². The van der Waals surface area contributed by atoms with Crippen LogP contribution in [0.15, 0.2) is 40.9 Å². The van der Waals surface area contributed by atoms with Crippen molar-refractivity contribution < 1.29 is 32.0 Å². The monoisotopic (exact) mass is 594 g/mol. The molecule has 1 aliphatic heterocycles. The summed E-state index contributed by atoms with van der Waals surface area (Å²) in [5.74, 6) is -0.502. The number of amides is 1. The number of fused-ring (bicyclic) bond motifs is 1. The fourth-order valence-electron chi connectivity index (χ4n) is 4.83. The number of hydrogen-bond donors (Lipinski definition) is 3. The minimum atomic E-state index is -4.54. The van der Waals surface area contributed by atoms with Crippen LogP contribution in [0.3, 0.4) is 0 Å². The lowest BCUT2D eigenvalue weighted by Crippen LogP contribution is -2.46. The van der Waals surface area contributed by atoms with Crippen molar-refractivity contribution in [3.05, 3.63) is 52.0 Å². The van der Waals surface area contributed by atoms with Crippen LogP contribution in [0.4, 0.5) is 23.2 Å². The number of rotatable bonds is 8. The molecule has 1 saturated heterocycles. The number of thiophene rings is 1. The van der Waals surface area contributed by atoms with Gasteiger partial charge in [0.05, 0.1) is 34.3 Å². The fraction of sp³-hybridized carbons (Fsp3) is 0.444. The van der Waals surface area contributed by atoms with Gasteiger partial charge in [-0.2, -0.15) is 18.2 Å². The van der Waals surface area contributed by atoms with E-state index in [1.165, 1.54) is 6.07 Å². The highest BCUT2D eigenvalue weighted by Gasteiger charge is 2.32. The quantitative estimate of drug-likeness (QED) is 0.249. The van der Waals surface area contributed by atoms with Gasteiger partial charge in [0, 0.05) is 29.0 Å². The molecule has 5 rings (SSSR count). The van der Waals surface area contributed by atoms with Crippen molar-refractivity contribution in [3.8, 4) is 11.5 Å². The van der Waals surface area contributed by atoms with Gasteiger partial charge in [-0.1, -0.05) is 11.2 Å². The third-order valence-corrected chi connectivity index (χ3v) is 8.30. The second kappa shape index (κ2) is 11.1. The van der Waals surface area contributed by atoms with Crippen LogP contribution in [0.25, 0.3) is 22.4 Å². The Kier molecular flexibility index (Phi) is 7.83. The highest BCUT2D eigenvalue weighted by atomic mass is 32.1. The van der Waals surface area contributed by atoms with Crippen LogP contribution in [0, 0.1) is 0 Å². The minimum Gasteiger partial charge on any atom is -0.385 e. The summed E-state index contributed by atoms with van der Waals surface area (Å²) in [6, 6.07) is 9.19. The summed E-state index contributed by atoms with van der Waals surface area (Å²) in [5, 5.41) is 20.3. The Labute approximate surface area is 237 Å². The van der Waals surface area contributed by atoms with Gasteiger partial charge in [-0.3, -0.25) is 4.79 Å². The smallest absolute Gasteiger partial charge is 0.385 e. The number of alkyl halides is 4. The van der Waals surface area contributed by atoms with Gasteiger partial charge in [-0.15, -0.1) is 11.3 Å². The van der Waals surface area contributed by atoms with E-state index in [4.69, 9.17) is 4.52 Å². The topological polar surface area (TPSA) is 108 Å². The molecule has 1 aromatic carbocycles. The van der Waals surface area contributed by atoms with Gasteiger partial charge in [0.1, 0.15) is 12.7 Å². The highest BCUT2D eigenvalue weighted by Crippen LogP contribution is 2.35. The van der Waals surface area contributed by atoms with Crippen molar-refractivity contribution >= 4 is 33.8 Å². The maximum atomic E-state index is 14.7. The van der Waals surface area contributed by atoms with E-state index < -0.39 is 36.4 Å². The van der Waals surface area contributed by atoms with Crippen molar-refractivity contribution in [1.29, 1.82) is 0 Å². The molecular formula is C27H30F4N6O3S. The first-order valence-corrected chi connectivity index (χ1v) is 13.8. The lowest BCUT2D eigenvalue weighted by molar-refractivity contribution is -0.139. The second-order valence-electron chi connectivity index (χ2n) is 10.7. The van der Waals surface area contributed by atoms with Crippen LogP contribution >= 0.6 is 11.3 Å². The first-order valence-electron chi connectivity index (χ1n) is 13.0. The third-order valence-electron chi connectivity index (χ3n) is 6.90. The molecule has 4 heterocycles. The first-order chi connectivity index (χ1) is 19.3. The number of piperidine rings is 1. The molecule has 0 saturated carbocycles. The van der Waals surface area contributed by atoms with Gasteiger partial charge in [0.25, 0.3) is 5.91 Å². The standard InChI is InChI=1S/C27H30F4N6O3S/c1-26(2,39)22-8-7-21(41-22)25(38)32-12-23-34-24(35-40-23)20-11-15-17(33-18-9-10-36(3)13-16(18)28)5-4-6-19(15)37(20)14-27(29,30)31/h4-8,11,16,18,33,39H,9-10,12-14H2,1-3H3,(H,32,38)/t16?,18-/m1/s1. The molecule has 1 amide bonds. The number of hydrogen-bond acceptors (Lipinski definition) is 8. The summed E-state index contributed by atoms with van der Waals surface area (Å²) < 4.78 is 61.9. The SMILES string of the molecule is CN1CC[C@@H](Nc2cccc3c2cc(-c2noc(CNC(=O)c4ccc(C(C)(C)O)s4)n2)n3CC(F)(F)F)C(F)C1. The number of nitrogens with zero attached hydrogens (tertiary/aromatic N) is 4. The Balaban J connectivity index is 1.40. The zero-order valence-electron chi connectivity index (χ0n) is 22.6. The third kappa shape index (κ3) is 6.54. The summed E-state index contributed by atoms with van der Waals surface area (Å²) in [4.78, 5) is 19.7. The highest BCUT2D eigenvalue weighted by molar-refractivity contribution is 7.14. The molecule has 3 aromatic heterocycles. The number of anilines is 1. The molecule has 0 aliphatic carbocycles. The molecule has 4 aromatic rings. The van der Waals surface area contributed by atoms with Crippen LogP contribution in [-0.4, -0.2) is 69.1 Å². The van der Waals surface area contributed by atoms with Gasteiger partial charge >= 0.3 is 6.18 Å². The normalized spacial score (nSPS) is 18.6. The maximum Gasteiger partial charge on any atom is 0.406 e. The number of aliphatic hydroxyl groups is 1. The number of halogens is 4. The van der Waals surface area contributed by atoms with Crippen molar-refractivity contribution in [1.82, 2.24) is 24.9 Å². The van der Waals surface area contributed by atoms with E-state index >= 15 is 0 Å². The van der Waals surface area contributed by atoms with Crippen molar-refractivity contribution in [2.75, 3.05) is 25.5 Å². The van der Waals surface area contributed by atoms with E-state index in [1.54, 1.807) is 44.2 Å². The Bertz CT molecular complexity index is 1540. The number of carbonyl (C=O) groups excluding carboxylic acids is 1. The molecule has 0 spiro atoms. The minimum absolute atomic E-state index is 0.00128. The van der Waals surface area contributed by atoms with E-state index in [0.29, 0.717) is 33.8 Å². The summed E-state index contributed by atoms with van der Waals surface area (Å²) >= 11 is 1.14. The summed E-state index contributed by atoms with van der Waals surface area (Å²) in [6.07, 6.45) is -5.12. The predicted molar refractivity (Wildman–Crippen MR) is 146 cm³/mol. The van der Waals surface area contributed by atoms with Crippen LogP contribution in [0.1, 0.15) is 40.7 Å². The molecule has 1 aliphatic rings. The molecule has 3 N–H and O–H groups in total. The summed E-state index contributed by atoms with van der Waals surface area (Å²) in [7, 11) is 1.84. The largest absolute Gasteiger partial charge is 0.406 e. The van der Waals surface area contributed by atoms with Crippen LogP contribution < -0.4 is 10.6 Å². The fourth-order valence-corrected chi connectivity index (χ4v) is 5.75. The first kappa shape index (κ1) is 29.0. The van der Waals surface area contributed by atoms with Gasteiger partial charge in [-0.25, -0.2) is 4.39 Å². The molecule has 0 bridgehead atoms.